The van der Waals surface area contributed by atoms with Crippen molar-refractivity contribution in [1.82, 2.24) is 0 Å². The SMILES string of the molecule is C[C@@H](Oc1ccc(F)cc1)C(=O)Nc1ccc(C(N)=O)cc1. The highest BCUT2D eigenvalue weighted by Gasteiger charge is 2.15. The summed E-state index contributed by atoms with van der Waals surface area (Å²) in [6.07, 6.45) is -0.763. The maximum absolute atomic E-state index is 12.8. The molecule has 2 rings (SSSR count). The van der Waals surface area contributed by atoms with E-state index in [0.717, 1.165) is 0 Å². The molecule has 2 aromatic rings. The number of amides is 2. The summed E-state index contributed by atoms with van der Waals surface area (Å²) < 4.78 is 18.2. The van der Waals surface area contributed by atoms with Crippen LogP contribution < -0.4 is 15.8 Å². The van der Waals surface area contributed by atoms with Crippen molar-refractivity contribution in [2.24, 2.45) is 5.73 Å². The number of carbonyl (C=O) groups is 2. The average molecular weight is 302 g/mol. The lowest BCUT2D eigenvalue weighted by atomic mass is 10.2. The molecule has 2 aromatic carbocycles. The number of benzene rings is 2. The summed E-state index contributed by atoms with van der Waals surface area (Å²) in [5, 5.41) is 2.65. The van der Waals surface area contributed by atoms with E-state index in [1.807, 2.05) is 0 Å². The van der Waals surface area contributed by atoms with E-state index < -0.39 is 12.0 Å². The van der Waals surface area contributed by atoms with Crippen LogP contribution in [0.2, 0.25) is 0 Å². The van der Waals surface area contributed by atoms with Gasteiger partial charge in [-0.15, -0.1) is 0 Å². The van der Waals surface area contributed by atoms with Crippen molar-refractivity contribution in [3.63, 3.8) is 0 Å². The molecule has 3 N–H and O–H groups in total. The second-order valence-electron chi connectivity index (χ2n) is 4.64. The number of hydrogen-bond acceptors (Lipinski definition) is 3. The lowest BCUT2D eigenvalue weighted by Gasteiger charge is -2.14. The van der Waals surface area contributed by atoms with E-state index in [9.17, 15) is 14.0 Å². The van der Waals surface area contributed by atoms with Gasteiger partial charge in [-0.05, 0) is 55.5 Å². The van der Waals surface area contributed by atoms with Gasteiger partial charge in [-0.3, -0.25) is 9.59 Å². The van der Waals surface area contributed by atoms with Crippen molar-refractivity contribution < 1.29 is 18.7 Å². The monoisotopic (exact) mass is 302 g/mol. The van der Waals surface area contributed by atoms with Gasteiger partial charge in [0.1, 0.15) is 11.6 Å². The number of anilines is 1. The minimum absolute atomic E-state index is 0.355. The Balaban J connectivity index is 1.95. The summed E-state index contributed by atoms with van der Waals surface area (Å²) in [5.41, 5.74) is 6.01. The molecule has 0 saturated carbocycles. The molecule has 5 nitrogen and oxygen atoms in total. The van der Waals surface area contributed by atoms with Crippen molar-refractivity contribution in [3.05, 3.63) is 59.9 Å². The number of hydrogen-bond donors (Lipinski definition) is 2. The van der Waals surface area contributed by atoms with E-state index in [-0.39, 0.29) is 11.7 Å². The predicted molar refractivity (Wildman–Crippen MR) is 80.1 cm³/mol. The Hall–Kier alpha value is -2.89. The highest BCUT2D eigenvalue weighted by atomic mass is 19.1. The maximum atomic E-state index is 12.8. The molecule has 0 saturated heterocycles. The number of nitrogens with two attached hydrogens (primary N) is 1. The van der Waals surface area contributed by atoms with Crippen molar-refractivity contribution in [3.8, 4) is 5.75 Å². The fraction of sp³-hybridized carbons (Fsp3) is 0.125. The maximum Gasteiger partial charge on any atom is 0.265 e. The zero-order chi connectivity index (χ0) is 16.1. The normalized spacial score (nSPS) is 11.5. The zero-order valence-corrected chi connectivity index (χ0v) is 11.9. The molecule has 2 amide bonds. The molecule has 0 aliphatic rings. The highest BCUT2D eigenvalue weighted by molar-refractivity contribution is 5.96. The third-order valence-corrected chi connectivity index (χ3v) is 2.93. The van der Waals surface area contributed by atoms with Crippen molar-refractivity contribution in [1.29, 1.82) is 0 Å². The Bertz CT molecular complexity index is 669. The van der Waals surface area contributed by atoms with Gasteiger partial charge in [0, 0.05) is 11.3 Å². The number of primary amides is 1. The van der Waals surface area contributed by atoms with Gasteiger partial charge in [0.2, 0.25) is 5.91 Å². The topological polar surface area (TPSA) is 81.4 Å². The van der Waals surface area contributed by atoms with E-state index in [4.69, 9.17) is 10.5 Å². The Morgan fingerprint density at radius 1 is 1.09 bits per heavy atom. The number of carbonyl (C=O) groups excluding carboxylic acids is 2. The van der Waals surface area contributed by atoms with E-state index in [2.05, 4.69) is 5.32 Å². The molecule has 114 valence electrons. The fourth-order valence-electron chi connectivity index (χ4n) is 1.73. The van der Waals surface area contributed by atoms with Gasteiger partial charge < -0.3 is 15.8 Å². The lowest BCUT2D eigenvalue weighted by Crippen LogP contribution is -2.30. The lowest BCUT2D eigenvalue weighted by molar-refractivity contribution is -0.122. The van der Waals surface area contributed by atoms with Gasteiger partial charge in [0.05, 0.1) is 0 Å². The number of ether oxygens (including phenoxy) is 1. The van der Waals surface area contributed by atoms with Gasteiger partial charge in [-0.25, -0.2) is 4.39 Å². The van der Waals surface area contributed by atoms with Gasteiger partial charge in [-0.2, -0.15) is 0 Å². The first kappa shape index (κ1) is 15.5. The molecule has 0 spiro atoms. The molecule has 1 atom stereocenters. The quantitative estimate of drug-likeness (QED) is 0.889. The Morgan fingerprint density at radius 2 is 1.68 bits per heavy atom. The summed E-state index contributed by atoms with van der Waals surface area (Å²) >= 11 is 0. The van der Waals surface area contributed by atoms with Gasteiger partial charge in [0.15, 0.2) is 6.10 Å². The third kappa shape index (κ3) is 4.05. The largest absolute Gasteiger partial charge is 0.481 e. The highest BCUT2D eigenvalue weighted by Crippen LogP contribution is 2.14. The molecule has 0 bridgehead atoms. The molecule has 0 fully saturated rings. The van der Waals surface area contributed by atoms with E-state index in [1.165, 1.54) is 36.4 Å². The molecule has 0 radical (unpaired) electrons. The van der Waals surface area contributed by atoms with Crippen LogP contribution in [0.3, 0.4) is 0 Å². The second-order valence-corrected chi connectivity index (χ2v) is 4.64. The predicted octanol–water partition coefficient (Wildman–Crippen LogP) is 2.33. The molecular formula is C16H15FN2O3. The number of nitrogens with one attached hydrogen (secondary N) is 1. The standard InChI is InChI=1S/C16H15FN2O3/c1-10(22-14-8-4-12(17)5-9-14)16(21)19-13-6-2-11(3-7-13)15(18)20/h2-10H,1H3,(H2,18,20)(H,19,21)/t10-/m1/s1. The molecule has 6 heteroatoms. The molecule has 0 aromatic heterocycles. The van der Waals surface area contributed by atoms with E-state index in [1.54, 1.807) is 19.1 Å². The molecule has 22 heavy (non-hydrogen) atoms. The van der Waals surface area contributed by atoms with Crippen LogP contribution in [0, 0.1) is 5.82 Å². The van der Waals surface area contributed by atoms with Gasteiger partial charge in [-0.1, -0.05) is 0 Å². The Morgan fingerprint density at radius 3 is 2.23 bits per heavy atom. The molecule has 0 aliphatic heterocycles. The fourth-order valence-corrected chi connectivity index (χ4v) is 1.73. The van der Waals surface area contributed by atoms with Crippen LogP contribution in [-0.4, -0.2) is 17.9 Å². The average Bonchev–Trinajstić information content (AvgIpc) is 2.50. The molecule has 0 heterocycles. The molecular weight excluding hydrogens is 287 g/mol. The first-order valence-electron chi connectivity index (χ1n) is 6.58. The third-order valence-electron chi connectivity index (χ3n) is 2.93. The van der Waals surface area contributed by atoms with Crippen LogP contribution in [0.25, 0.3) is 0 Å². The number of halogens is 1. The van der Waals surface area contributed by atoms with E-state index >= 15 is 0 Å². The van der Waals surface area contributed by atoms with Crippen molar-refractivity contribution >= 4 is 17.5 Å². The first-order chi connectivity index (χ1) is 10.5. The minimum Gasteiger partial charge on any atom is -0.481 e. The van der Waals surface area contributed by atoms with Crippen LogP contribution in [0.15, 0.2) is 48.5 Å². The smallest absolute Gasteiger partial charge is 0.265 e. The minimum atomic E-state index is -0.763. The first-order valence-corrected chi connectivity index (χ1v) is 6.58. The number of rotatable bonds is 5. The molecule has 0 unspecified atom stereocenters. The van der Waals surface area contributed by atoms with Gasteiger partial charge in [0.25, 0.3) is 5.91 Å². The van der Waals surface area contributed by atoms with Crippen LogP contribution in [0.1, 0.15) is 17.3 Å². The summed E-state index contributed by atoms with van der Waals surface area (Å²) in [7, 11) is 0. The summed E-state index contributed by atoms with van der Waals surface area (Å²) in [6.45, 7) is 1.58. The van der Waals surface area contributed by atoms with E-state index in [0.29, 0.717) is 17.0 Å². The summed E-state index contributed by atoms with van der Waals surface area (Å²) in [4.78, 5) is 23.0. The second kappa shape index (κ2) is 6.71. The van der Waals surface area contributed by atoms with Crippen LogP contribution in [0.4, 0.5) is 10.1 Å². The van der Waals surface area contributed by atoms with Crippen molar-refractivity contribution in [2.75, 3.05) is 5.32 Å². The Kier molecular flexibility index (Phi) is 4.73. The van der Waals surface area contributed by atoms with Crippen LogP contribution in [0.5, 0.6) is 5.75 Å². The zero-order valence-electron chi connectivity index (χ0n) is 11.9. The van der Waals surface area contributed by atoms with Gasteiger partial charge >= 0.3 is 0 Å². The van der Waals surface area contributed by atoms with Crippen molar-refractivity contribution in [2.45, 2.75) is 13.0 Å². The van der Waals surface area contributed by atoms with Crippen LogP contribution in [-0.2, 0) is 4.79 Å². The molecule has 0 aliphatic carbocycles. The van der Waals surface area contributed by atoms with Crippen LogP contribution >= 0.6 is 0 Å². The Labute approximate surface area is 126 Å². The summed E-state index contributed by atoms with van der Waals surface area (Å²) in [5.74, 6) is -0.880. The summed E-state index contributed by atoms with van der Waals surface area (Å²) in [6, 6.07) is 11.6.